The summed E-state index contributed by atoms with van der Waals surface area (Å²) in [6, 6.07) is 11.8. The van der Waals surface area contributed by atoms with E-state index in [1.807, 2.05) is 12.1 Å². The average molecular weight is 711 g/mol. The van der Waals surface area contributed by atoms with Crippen LogP contribution in [0, 0.1) is 17.2 Å². The molecule has 15 heteroatoms. The van der Waals surface area contributed by atoms with Crippen molar-refractivity contribution < 1.29 is 37.4 Å². The highest BCUT2D eigenvalue weighted by molar-refractivity contribution is 7.52. The van der Waals surface area contributed by atoms with Crippen LogP contribution in [-0.2, 0) is 43.8 Å². The summed E-state index contributed by atoms with van der Waals surface area (Å²) in [5.41, 5.74) is 6.15. The number of anilines is 1. The van der Waals surface area contributed by atoms with Crippen molar-refractivity contribution in [2.45, 2.75) is 115 Å². The molecule has 270 valence electrons. The SMILES string of the molecule is C[C@H](NP(=O)(OC[C@H]1O[C@@](C#N)(c2ccc3c(N)ncnn23)[C@@H]2OC(C)(C)O[C@@H]21)Oc1ccc(C(C)(C)C)cc1)C(=O)OCC1CCCCC1. The van der Waals surface area contributed by atoms with Gasteiger partial charge in [0.1, 0.15) is 48.0 Å². The quantitative estimate of drug-likeness (QED) is 0.187. The fourth-order valence-corrected chi connectivity index (χ4v) is 8.35. The maximum atomic E-state index is 14.5. The smallest absolute Gasteiger partial charge is 0.459 e. The summed E-state index contributed by atoms with van der Waals surface area (Å²) in [7, 11) is -4.29. The minimum Gasteiger partial charge on any atom is -0.464 e. The number of aromatic nitrogens is 3. The molecule has 3 aromatic rings. The fraction of sp³-hybridized carbons (Fsp3) is 0.600. The van der Waals surface area contributed by atoms with E-state index in [2.05, 4.69) is 42.0 Å². The number of nitrogens with zero attached hydrogens (tertiary/aromatic N) is 4. The first kappa shape index (κ1) is 36.2. The summed E-state index contributed by atoms with van der Waals surface area (Å²) in [5.74, 6) is -0.838. The Morgan fingerprint density at radius 1 is 1.12 bits per heavy atom. The van der Waals surface area contributed by atoms with Crippen LogP contribution in [-0.4, -0.2) is 63.9 Å². The second-order valence-electron chi connectivity index (χ2n) is 14.8. The third kappa shape index (κ3) is 7.40. The van der Waals surface area contributed by atoms with Crippen molar-refractivity contribution in [1.82, 2.24) is 19.7 Å². The Labute approximate surface area is 292 Å². The van der Waals surface area contributed by atoms with Crippen LogP contribution >= 0.6 is 7.75 Å². The van der Waals surface area contributed by atoms with E-state index in [-0.39, 0.29) is 23.6 Å². The summed E-state index contributed by atoms with van der Waals surface area (Å²) in [6.45, 7) is 11.2. The van der Waals surface area contributed by atoms with Crippen molar-refractivity contribution in [2.75, 3.05) is 18.9 Å². The summed E-state index contributed by atoms with van der Waals surface area (Å²) >= 11 is 0. The number of hydrogen-bond acceptors (Lipinski definition) is 12. The van der Waals surface area contributed by atoms with E-state index in [0.29, 0.717) is 23.7 Å². The number of carbonyl (C=O) groups is 1. The van der Waals surface area contributed by atoms with Gasteiger partial charge < -0.3 is 29.2 Å². The Bertz CT molecular complexity index is 1780. The molecule has 0 spiro atoms. The first-order valence-corrected chi connectivity index (χ1v) is 18.7. The predicted molar refractivity (Wildman–Crippen MR) is 183 cm³/mol. The maximum Gasteiger partial charge on any atom is 0.459 e. The lowest BCUT2D eigenvalue weighted by Gasteiger charge is -2.29. The van der Waals surface area contributed by atoms with E-state index >= 15 is 0 Å². The second kappa shape index (κ2) is 13.9. The molecule has 6 atom stereocenters. The molecule has 3 aliphatic rings. The molecule has 3 N–H and O–H groups in total. The standard InChI is InChI=1S/C35H47N6O8P/c1-22(32(42)44-18-23-10-8-7-9-11-23)40-50(43,49-25-14-12-24(13-15-25)33(2,3)4)45-19-27-29-30(48-34(5,6)47-29)35(20-36,46-27)28-17-16-26-31(37)38-21-39-41(26)28/h12-17,21-23,27,29-30H,7-11,18-19H2,1-6H3,(H,40,43)(H2,37,38,39)/t22-,27+,29+,30+,35-,50?/m0/s1. The molecule has 1 aromatic carbocycles. The zero-order valence-electron chi connectivity index (χ0n) is 29.5. The minimum absolute atomic E-state index is 0.114. The molecule has 0 bridgehead atoms. The largest absolute Gasteiger partial charge is 0.464 e. The van der Waals surface area contributed by atoms with Gasteiger partial charge in [-0.05, 0) is 74.8 Å². The van der Waals surface area contributed by atoms with Crippen LogP contribution in [0.25, 0.3) is 5.52 Å². The highest BCUT2D eigenvalue weighted by Gasteiger charge is 2.65. The topological polar surface area (TPSA) is 182 Å². The number of hydrogen-bond donors (Lipinski definition) is 2. The number of benzene rings is 1. The molecule has 2 saturated heterocycles. The van der Waals surface area contributed by atoms with Gasteiger partial charge in [0.15, 0.2) is 11.6 Å². The Morgan fingerprint density at radius 3 is 2.52 bits per heavy atom. The van der Waals surface area contributed by atoms with Gasteiger partial charge in [0.05, 0.1) is 18.9 Å². The van der Waals surface area contributed by atoms with E-state index in [9.17, 15) is 14.6 Å². The third-order valence-corrected chi connectivity index (χ3v) is 11.2. The molecule has 14 nitrogen and oxygen atoms in total. The van der Waals surface area contributed by atoms with Crippen LogP contribution < -0.4 is 15.3 Å². The molecular formula is C35H47N6O8P. The molecule has 4 heterocycles. The molecule has 2 aliphatic heterocycles. The normalized spacial score (nSPS) is 26.9. The van der Waals surface area contributed by atoms with E-state index in [4.69, 9.17) is 33.7 Å². The van der Waals surface area contributed by atoms with Gasteiger partial charge in [0, 0.05) is 0 Å². The molecule has 1 unspecified atom stereocenters. The van der Waals surface area contributed by atoms with Crippen LogP contribution in [0.1, 0.15) is 84.9 Å². The highest BCUT2D eigenvalue weighted by Crippen LogP contribution is 2.51. The van der Waals surface area contributed by atoms with Crippen LogP contribution in [0.15, 0.2) is 42.7 Å². The maximum absolute atomic E-state index is 14.5. The number of esters is 1. The number of fused-ring (bicyclic) bond motifs is 2. The summed E-state index contributed by atoms with van der Waals surface area (Å²) < 4.78 is 52.7. The first-order valence-electron chi connectivity index (χ1n) is 17.2. The molecule has 50 heavy (non-hydrogen) atoms. The van der Waals surface area contributed by atoms with Crippen LogP contribution in [0.2, 0.25) is 0 Å². The fourth-order valence-electron chi connectivity index (χ4n) is 6.85. The molecule has 3 fully saturated rings. The second-order valence-corrected chi connectivity index (χ2v) is 16.5. The molecular weight excluding hydrogens is 663 g/mol. The summed E-state index contributed by atoms with van der Waals surface area (Å²) in [6.07, 6.45) is 4.06. The Kier molecular flexibility index (Phi) is 10.0. The zero-order valence-corrected chi connectivity index (χ0v) is 30.4. The van der Waals surface area contributed by atoms with E-state index in [1.54, 1.807) is 45.0 Å². The first-order chi connectivity index (χ1) is 23.6. The lowest BCUT2D eigenvalue weighted by molar-refractivity contribution is -0.204. The molecule has 0 amide bonds. The number of nitrogens with one attached hydrogen (secondary N) is 1. The molecule has 1 saturated carbocycles. The Morgan fingerprint density at radius 2 is 1.84 bits per heavy atom. The van der Waals surface area contributed by atoms with Crippen molar-refractivity contribution in [2.24, 2.45) is 5.92 Å². The number of rotatable bonds is 11. The van der Waals surface area contributed by atoms with Gasteiger partial charge in [-0.15, -0.1) is 0 Å². The van der Waals surface area contributed by atoms with Gasteiger partial charge in [-0.2, -0.15) is 15.4 Å². The monoisotopic (exact) mass is 710 g/mol. The summed E-state index contributed by atoms with van der Waals surface area (Å²) in [4.78, 5) is 17.1. The van der Waals surface area contributed by atoms with Gasteiger partial charge in [0.25, 0.3) is 0 Å². The lowest BCUT2D eigenvalue weighted by atomic mass is 9.87. The third-order valence-electron chi connectivity index (χ3n) is 9.51. The number of carbonyl (C=O) groups excluding carboxylic acids is 1. The number of nitrogen functional groups attached to an aromatic ring is 1. The van der Waals surface area contributed by atoms with Gasteiger partial charge in [0.2, 0.25) is 5.60 Å². The molecule has 1 aliphatic carbocycles. The lowest BCUT2D eigenvalue weighted by Crippen LogP contribution is -2.40. The van der Waals surface area contributed by atoms with Crippen LogP contribution in [0.4, 0.5) is 5.82 Å². The van der Waals surface area contributed by atoms with E-state index < -0.39 is 49.5 Å². The van der Waals surface area contributed by atoms with Gasteiger partial charge in [-0.25, -0.2) is 14.1 Å². The van der Waals surface area contributed by atoms with Crippen LogP contribution in [0.3, 0.4) is 0 Å². The Balaban J connectivity index is 1.25. The van der Waals surface area contributed by atoms with E-state index in [0.717, 1.165) is 31.2 Å². The molecule has 2 aromatic heterocycles. The van der Waals surface area contributed by atoms with Gasteiger partial charge in [-0.1, -0.05) is 52.2 Å². The van der Waals surface area contributed by atoms with Crippen molar-refractivity contribution in [3.05, 3.63) is 54.0 Å². The highest BCUT2D eigenvalue weighted by atomic mass is 31.2. The van der Waals surface area contributed by atoms with Crippen molar-refractivity contribution >= 4 is 25.1 Å². The average Bonchev–Trinajstić information content (AvgIpc) is 3.73. The minimum atomic E-state index is -4.29. The number of ether oxygens (including phenoxy) is 4. The van der Waals surface area contributed by atoms with Crippen LogP contribution in [0.5, 0.6) is 5.75 Å². The number of nitriles is 1. The van der Waals surface area contributed by atoms with Gasteiger partial charge >= 0.3 is 13.7 Å². The predicted octanol–water partition coefficient (Wildman–Crippen LogP) is 5.55. The number of nitrogens with two attached hydrogens (primary N) is 1. The summed E-state index contributed by atoms with van der Waals surface area (Å²) in [5, 5.41) is 17.8. The molecule has 6 rings (SSSR count). The van der Waals surface area contributed by atoms with Gasteiger partial charge in [-0.3, -0.25) is 9.32 Å². The van der Waals surface area contributed by atoms with Crippen molar-refractivity contribution in [1.29, 1.82) is 5.26 Å². The molecule has 0 radical (unpaired) electrons. The van der Waals surface area contributed by atoms with Crippen molar-refractivity contribution in [3.63, 3.8) is 0 Å². The van der Waals surface area contributed by atoms with E-state index in [1.165, 1.54) is 17.3 Å². The van der Waals surface area contributed by atoms with Crippen molar-refractivity contribution in [3.8, 4) is 11.8 Å². The Hall–Kier alpha value is -3.57. The zero-order chi connectivity index (χ0) is 35.9.